The number of nitrogens with zero attached hydrogens (tertiary/aromatic N) is 1. The first-order valence-electron chi connectivity index (χ1n) is 6.07. The molecule has 1 fully saturated rings. The molecule has 2 rings (SSSR count). The monoisotopic (exact) mass is 244 g/mol. The minimum atomic E-state index is -0.228. The van der Waals surface area contributed by atoms with E-state index < -0.39 is 0 Å². The first kappa shape index (κ1) is 12.6. The third-order valence-electron chi connectivity index (χ3n) is 3.06. The van der Waals surface area contributed by atoms with Gasteiger partial charge < -0.3 is 10.4 Å². The van der Waals surface area contributed by atoms with Gasteiger partial charge in [0.25, 0.3) is 5.91 Å². The molecule has 1 aliphatic carbocycles. The van der Waals surface area contributed by atoms with Gasteiger partial charge in [-0.25, -0.2) is 0 Å². The van der Waals surface area contributed by atoms with Gasteiger partial charge in [0.15, 0.2) is 0 Å². The van der Waals surface area contributed by atoms with Crippen LogP contribution >= 0.6 is 0 Å². The second-order valence-electron chi connectivity index (χ2n) is 4.48. The van der Waals surface area contributed by atoms with E-state index in [1.165, 1.54) is 12.8 Å². The fraction of sp³-hybridized carbons (Fsp3) is 0.429. The maximum absolute atomic E-state index is 12.1. The predicted octanol–water partition coefficient (Wildman–Crippen LogP) is 0.954. The van der Waals surface area contributed by atoms with Crippen molar-refractivity contribution in [3.05, 3.63) is 29.6 Å². The Kier molecular flexibility index (Phi) is 3.96. The molecule has 0 saturated heterocycles. The number of aliphatic hydroxyl groups excluding tert-OH is 1. The molecule has 1 amide bonds. The molecule has 1 aliphatic rings. The topological polar surface area (TPSA) is 62.2 Å². The van der Waals surface area contributed by atoms with Gasteiger partial charge in [-0.05, 0) is 31.7 Å². The minimum absolute atomic E-state index is 0.126. The molecule has 0 aliphatic heterocycles. The van der Waals surface area contributed by atoms with Crippen molar-refractivity contribution in [2.24, 2.45) is 5.92 Å². The number of hydrogen-bond donors (Lipinski definition) is 2. The van der Waals surface area contributed by atoms with Crippen molar-refractivity contribution in [3.8, 4) is 11.8 Å². The van der Waals surface area contributed by atoms with Crippen LogP contribution in [0.15, 0.2) is 18.5 Å². The number of nitrogens with one attached hydrogen (secondary N) is 1. The lowest BCUT2D eigenvalue weighted by Gasteiger charge is -2.13. The average molecular weight is 244 g/mol. The summed E-state index contributed by atoms with van der Waals surface area (Å²) in [5.74, 6) is 5.76. The summed E-state index contributed by atoms with van der Waals surface area (Å²) in [6, 6.07) is 1.85. The maximum Gasteiger partial charge on any atom is 0.252 e. The molecular formula is C14H16N2O2. The zero-order valence-corrected chi connectivity index (χ0v) is 10.3. The number of aliphatic hydroxyl groups is 1. The lowest BCUT2D eigenvalue weighted by Crippen LogP contribution is -2.34. The van der Waals surface area contributed by atoms with Gasteiger partial charge in [-0.2, -0.15) is 0 Å². The first-order chi connectivity index (χ1) is 8.72. The van der Waals surface area contributed by atoms with Crippen LogP contribution in [-0.4, -0.2) is 28.6 Å². The van der Waals surface area contributed by atoms with E-state index in [0.717, 1.165) is 0 Å². The Hall–Kier alpha value is -1.86. The molecule has 0 radical (unpaired) electrons. The minimum Gasteiger partial charge on any atom is -0.384 e. The molecule has 94 valence electrons. The van der Waals surface area contributed by atoms with E-state index in [-0.39, 0.29) is 18.6 Å². The molecule has 18 heavy (non-hydrogen) atoms. The number of amides is 1. The lowest BCUT2D eigenvalue weighted by atomic mass is 10.1. The van der Waals surface area contributed by atoms with Crippen molar-refractivity contribution in [1.29, 1.82) is 0 Å². The molecule has 1 atom stereocenters. The molecule has 1 aromatic heterocycles. The van der Waals surface area contributed by atoms with Crippen molar-refractivity contribution >= 4 is 5.91 Å². The Bertz CT molecular complexity index is 498. The predicted molar refractivity (Wildman–Crippen MR) is 67.9 cm³/mol. The maximum atomic E-state index is 12.1. The van der Waals surface area contributed by atoms with Gasteiger partial charge in [-0.1, -0.05) is 11.8 Å². The van der Waals surface area contributed by atoms with Crippen molar-refractivity contribution in [1.82, 2.24) is 10.3 Å². The van der Waals surface area contributed by atoms with Crippen molar-refractivity contribution in [3.63, 3.8) is 0 Å². The molecule has 0 aromatic carbocycles. The van der Waals surface area contributed by atoms with Crippen LogP contribution in [0, 0.1) is 17.8 Å². The summed E-state index contributed by atoms with van der Waals surface area (Å²) in [5, 5.41) is 11.7. The summed E-state index contributed by atoms with van der Waals surface area (Å²) >= 11 is 0. The molecule has 1 saturated carbocycles. The third kappa shape index (κ3) is 3.08. The second-order valence-corrected chi connectivity index (χ2v) is 4.48. The molecule has 0 spiro atoms. The molecule has 1 aromatic rings. The fourth-order valence-electron chi connectivity index (χ4n) is 1.83. The summed E-state index contributed by atoms with van der Waals surface area (Å²) in [7, 11) is 0. The number of pyridine rings is 1. The zero-order valence-electron chi connectivity index (χ0n) is 10.3. The average Bonchev–Trinajstić information content (AvgIpc) is 3.20. The van der Waals surface area contributed by atoms with E-state index in [9.17, 15) is 4.79 Å². The fourth-order valence-corrected chi connectivity index (χ4v) is 1.83. The number of aromatic nitrogens is 1. The van der Waals surface area contributed by atoms with Gasteiger partial charge >= 0.3 is 0 Å². The molecular weight excluding hydrogens is 228 g/mol. The van der Waals surface area contributed by atoms with Crippen LogP contribution in [0.2, 0.25) is 0 Å². The highest BCUT2D eigenvalue weighted by molar-refractivity contribution is 5.96. The number of carbonyl (C=O) groups excluding carboxylic acids is 1. The summed E-state index contributed by atoms with van der Waals surface area (Å²) < 4.78 is 0. The van der Waals surface area contributed by atoms with Gasteiger partial charge in [0, 0.05) is 18.4 Å². The van der Waals surface area contributed by atoms with Crippen molar-refractivity contribution < 1.29 is 9.90 Å². The second kappa shape index (κ2) is 5.65. The van der Waals surface area contributed by atoms with Gasteiger partial charge in [0.2, 0.25) is 0 Å². The Morgan fingerprint density at radius 3 is 3.11 bits per heavy atom. The lowest BCUT2D eigenvalue weighted by molar-refractivity contribution is 0.0935. The Morgan fingerprint density at radius 2 is 2.44 bits per heavy atom. The van der Waals surface area contributed by atoms with Crippen LogP contribution < -0.4 is 5.32 Å². The number of carbonyl (C=O) groups is 1. The van der Waals surface area contributed by atoms with E-state index in [0.29, 0.717) is 17.0 Å². The Balaban J connectivity index is 2.13. The van der Waals surface area contributed by atoms with Crippen molar-refractivity contribution in [2.45, 2.75) is 25.8 Å². The molecule has 2 N–H and O–H groups in total. The molecule has 1 unspecified atom stereocenters. The van der Waals surface area contributed by atoms with Crippen LogP contribution in [0.1, 0.15) is 35.7 Å². The third-order valence-corrected chi connectivity index (χ3v) is 3.06. The molecule has 0 bridgehead atoms. The van der Waals surface area contributed by atoms with Gasteiger partial charge in [-0.3, -0.25) is 9.78 Å². The summed E-state index contributed by atoms with van der Waals surface area (Å²) in [4.78, 5) is 16.0. The van der Waals surface area contributed by atoms with E-state index in [4.69, 9.17) is 5.11 Å². The first-order valence-corrected chi connectivity index (χ1v) is 6.07. The van der Waals surface area contributed by atoms with Crippen LogP contribution in [-0.2, 0) is 0 Å². The van der Waals surface area contributed by atoms with E-state index in [1.54, 1.807) is 18.5 Å². The van der Waals surface area contributed by atoms with Crippen molar-refractivity contribution in [2.75, 3.05) is 6.61 Å². The summed E-state index contributed by atoms with van der Waals surface area (Å²) in [5.41, 5.74) is 1.06. The molecule has 4 nitrogen and oxygen atoms in total. The summed E-state index contributed by atoms with van der Waals surface area (Å²) in [6.07, 6.45) is 5.49. The SMILES string of the molecule is CC(NC(=O)c1ccncc1C#CCO)C1CC1. The zero-order chi connectivity index (χ0) is 13.0. The Morgan fingerprint density at radius 1 is 1.67 bits per heavy atom. The Labute approximate surface area is 106 Å². The van der Waals surface area contributed by atoms with E-state index in [2.05, 4.69) is 22.1 Å². The molecule has 4 heteroatoms. The number of hydrogen-bond acceptors (Lipinski definition) is 3. The highest BCUT2D eigenvalue weighted by atomic mass is 16.2. The smallest absolute Gasteiger partial charge is 0.252 e. The van der Waals surface area contributed by atoms with E-state index >= 15 is 0 Å². The van der Waals surface area contributed by atoms with Crippen LogP contribution in [0.4, 0.5) is 0 Å². The van der Waals surface area contributed by atoms with Crippen LogP contribution in [0.3, 0.4) is 0 Å². The van der Waals surface area contributed by atoms with Gasteiger partial charge in [0.05, 0.1) is 11.1 Å². The van der Waals surface area contributed by atoms with Crippen LogP contribution in [0.25, 0.3) is 0 Å². The normalized spacial score (nSPS) is 15.4. The quantitative estimate of drug-likeness (QED) is 0.778. The summed E-state index contributed by atoms with van der Waals surface area (Å²) in [6.45, 7) is 1.80. The standard InChI is InChI=1S/C14H16N2O2/c1-10(11-4-5-11)16-14(18)13-6-7-15-9-12(13)3-2-8-17/h6-7,9-11,17H,4-5,8H2,1H3,(H,16,18). The van der Waals surface area contributed by atoms with Crippen LogP contribution in [0.5, 0.6) is 0 Å². The number of rotatable bonds is 3. The largest absolute Gasteiger partial charge is 0.384 e. The van der Waals surface area contributed by atoms with Gasteiger partial charge in [0.1, 0.15) is 6.61 Å². The van der Waals surface area contributed by atoms with Gasteiger partial charge in [-0.15, -0.1) is 0 Å². The molecule has 1 heterocycles. The highest BCUT2D eigenvalue weighted by Crippen LogP contribution is 2.32. The van der Waals surface area contributed by atoms with E-state index in [1.807, 2.05) is 6.92 Å². The highest BCUT2D eigenvalue weighted by Gasteiger charge is 2.29.